The summed E-state index contributed by atoms with van der Waals surface area (Å²) in [6.45, 7) is 9.15. The molecule has 0 saturated heterocycles. The summed E-state index contributed by atoms with van der Waals surface area (Å²) in [5.41, 5.74) is 1.94. The maximum Gasteiger partial charge on any atom is 0.408 e. The van der Waals surface area contributed by atoms with E-state index in [-0.39, 0.29) is 18.9 Å². The topological polar surface area (TPSA) is 110 Å². The third-order valence-electron chi connectivity index (χ3n) is 6.09. The van der Waals surface area contributed by atoms with Crippen molar-refractivity contribution in [1.82, 2.24) is 15.6 Å². The maximum atomic E-state index is 13.4. The zero-order chi connectivity index (χ0) is 27.0. The van der Waals surface area contributed by atoms with Crippen molar-refractivity contribution in [3.63, 3.8) is 0 Å². The van der Waals surface area contributed by atoms with Gasteiger partial charge in [0.05, 0.1) is 0 Å². The molecule has 0 aliphatic heterocycles. The summed E-state index contributed by atoms with van der Waals surface area (Å²) in [6.07, 6.45) is 2.01. The van der Waals surface area contributed by atoms with E-state index in [4.69, 9.17) is 9.47 Å². The molecule has 3 N–H and O–H groups in total. The van der Waals surface area contributed by atoms with Gasteiger partial charge in [-0.25, -0.2) is 9.59 Å². The van der Waals surface area contributed by atoms with Crippen molar-refractivity contribution in [2.75, 3.05) is 0 Å². The number of hydrogen-bond acceptors (Lipinski definition) is 5. The molecule has 0 unspecified atom stereocenters. The van der Waals surface area contributed by atoms with Crippen LogP contribution in [0.3, 0.4) is 0 Å². The second-order valence-corrected chi connectivity index (χ2v) is 10.2. The van der Waals surface area contributed by atoms with Crippen molar-refractivity contribution < 1.29 is 23.9 Å². The standard InChI is InChI=1S/C29H37N3O5/c1-6-19(2)25(32-28(35)37-29(3,4)5)26(33)31-24(27(34)36-18-20-12-8-7-9-13-20)16-21-17-30-23-15-11-10-14-22(21)23/h7-15,17,19,24-25,30H,6,16,18H2,1-5H3,(H,31,33)(H,32,35)/t19-,24-,25-/m0/s1. The van der Waals surface area contributed by atoms with Crippen LogP contribution in [-0.2, 0) is 32.1 Å². The minimum Gasteiger partial charge on any atom is -0.459 e. The number of rotatable bonds is 10. The zero-order valence-corrected chi connectivity index (χ0v) is 22.2. The number of H-pyrrole nitrogens is 1. The fourth-order valence-corrected chi connectivity index (χ4v) is 3.94. The molecule has 3 rings (SSSR count). The first kappa shape index (κ1) is 27.8. The van der Waals surface area contributed by atoms with Crippen LogP contribution < -0.4 is 10.6 Å². The Bertz CT molecular complexity index is 1200. The Morgan fingerprint density at radius 1 is 0.973 bits per heavy atom. The molecule has 0 aliphatic carbocycles. The van der Waals surface area contributed by atoms with Gasteiger partial charge in [0.15, 0.2) is 0 Å². The summed E-state index contributed by atoms with van der Waals surface area (Å²) in [7, 11) is 0. The second-order valence-electron chi connectivity index (χ2n) is 10.2. The lowest BCUT2D eigenvalue weighted by atomic mass is 9.97. The van der Waals surface area contributed by atoms with E-state index in [1.165, 1.54) is 0 Å². The molecule has 8 nitrogen and oxygen atoms in total. The summed E-state index contributed by atoms with van der Waals surface area (Å²) in [6, 6.07) is 15.3. The van der Waals surface area contributed by atoms with Gasteiger partial charge < -0.3 is 25.1 Å². The number of esters is 1. The van der Waals surface area contributed by atoms with Crippen LogP contribution in [0.15, 0.2) is 60.8 Å². The van der Waals surface area contributed by atoms with Crippen LogP contribution in [0.25, 0.3) is 10.9 Å². The van der Waals surface area contributed by atoms with Gasteiger partial charge in [-0.2, -0.15) is 0 Å². The highest BCUT2D eigenvalue weighted by atomic mass is 16.6. The monoisotopic (exact) mass is 507 g/mol. The lowest BCUT2D eigenvalue weighted by Gasteiger charge is -2.27. The average Bonchev–Trinajstić information content (AvgIpc) is 3.27. The normalized spacial score (nSPS) is 13.9. The number of nitrogens with one attached hydrogen (secondary N) is 3. The molecule has 0 saturated carbocycles. The summed E-state index contributed by atoms with van der Waals surface area (Å²) in [5.74, 6) is -1.22. The number of carbonyl (C=O) groups excluding carboxylic acids is 3. The number of ether oxygens (including phenoxy) is 2. The van der Waals surface area contributed by atoms with Crippen LogP contribution >= 0.6 is 0 Å². The van der Waals surface area contributed by atoms with Gasteiger partial charge in [0, 0.05) is 23.5 Å². The molecular weight excluding hydrogens is 470 g/mol. The van der Waals surface area contributed by atoms with E-state index < -0.39 is 35.7 Å². The number of aromatic nitrogens is 1. The summed E-state index contributed by atoms with van der Waals surface area (Å²) in [5, 5.41) is 6.49. The molecule has 1 heterocycles. The fraction of sp³-hybridized carbons (Fsp3) is 0.414. The van der Waals surface area contributed by atoms with Crippen molar-refractivity contribution in [3.8, 4) is 0 Å². The highest BCUT2D eigenvalue weighted by Crippen LogP contribution is 2.20. The number of carbonyl (C=O) groups is 3. The van der Waals surface area contributed by atoms with Crippen LogP contribution in [0.2, 0.25) is 0 Å². The molecule has 198 valence electrons. The van der Waals surface area contributed by atoms with Crippen molar-refractivity contribution >= 4 is 28.9 Å². The van der Waals surface area contributed by atoms with E-state index in [0.29, 0.717) is 6.42 Å². The Kier molecular flexibility index (Phi) is 9.33. The highest BCUT2D eigenvalue weighted by Gasteiger charge is 2.32. The minimum absolute atomic E-state index is 0.0882. The van der Waals surface area contributed by atoms with E-state index in [0.717, 1.165) is 22.0 Å². The van der Waals surface area contributed by atoms with Crippen LogP contribution in [0.4, 0.5) is 4.79 Å². The molecular formula is C29H37N3O5. The molecule has 0 aliphatic rings. The molecule has 8 heteroatoms. The van der Waals surface area contributed by atoms with Gasteiger partial charge in [-0.3, -0.25) is 4.79 Å². The lowest BCUT2D eigenvalue weighted by molar-refractivity contribution is -0.149. The first-order valence-corrected chi connectivity index (χ1v) is 12.6. The molecule has 3 aromatic rings. The van der Waals surface area contributed by atoms with E-state index in [1.54, 1.807) is 20.8 Å². The van der Waals surface area contributed by atoms with Crippen molar-refractivity contribution in [2.45, 2.75) is 71.8 Å². The van der Waals surface area contributed by atoms with E-state index in [2.05, 4.69) is 15.6 Å². The highest BCUT2D eigenvalue weighted by molar-refractivity contribution is 5.91. The number of hydrogen-bond donors (Lipinski definition) is 3. The Balaban J connectivity index is 1.80. The van der Waals surface area contributed by atoms with Gasteiger partial charge in [-0.05, 0) is 43.9 Å². The molecule has 2 aromatic carbocycles. The Hall–Kier alpha value is -3.81. The second kappa shape index (κ2) is 12.4. The Labute approximate surface area is 218 Å². The van der Waals surface area contributed by atoms with Crippen LogP contribution in [0.1, 0.15) is 52.2 Å². The number of alkyl carbamates (subject to hydrolysis) is 1. The molecule has 0 radical (unpaired) electrons. The minimum atomic E-state index is -0.956. The smallest absolute Gasteiger partial charge is 0.408 e. The zero-order valence-electron chi connectivity index (χ0n) is 22.2. The quantitative estimate of drug-likeness (QED) is 0.339. The van der Waals surface area contributed by atoms with E-state index in [1.807, 2.05) is 74.6 Å². The first-order valence-electron chi connectivity index (χ1n) is 12.6. The van der Waals surface area contributed by atoms with Gasteiger partial charge in [-0.1, -0.05) is 68.8 Å². The average molecular weight is 508 g/mol. The lowest BCUT2D eigenvalue weighted by Crippen LogP contribution is -2.55. The van der Waals surface area contributed by atoms with Gasteiger partial charge in [0.25, 0.3) is 0 Å². The number of benzene rings is 2. The predicted molar refractivity (Wildman–Crippen MR) is 143 cm³/mol. The van der Waals surface area contributed by atoms with Gasteiger partial charge >= 0.3 is 12.1 Å². The molecule has 3 atom stereocenters. The Morgan fingerprint density at radius 3 is 2.32 bits per heavy atom. The Morgan fingerprint density at radius 2 is 1.65 bits per heavy atom. The molecule has 37 heavy (non-hydrogen) atoms. The number of fused-ring (bicyclic) bond motifs is 1. The van der Waals surface area contributed by atoms with Crippen LogP contribution in [0, 0.1) is 5.92 Å². The van der Waals surface area contributed by atoms with E-state index in [9.17, 15) is 14.4 Å². The predicted octanol–water partition coefficient (Wildman–Crippen LogP) is 4.88. The number of amides is 2. The third-order valence-corrected chi connectivity index (χ3v) is 6.09. The van der Waals surface area contributed by atoms with Crippen molar-refractivity contribution in [1.29, 1.82) is 0 Å². The third kappa shape index (κ3) is 8.10. The van der Waals surface area contributed by atoms with E-state index >= 15 is 0 Å². The summed E-state index contributed by atoms with van der Waals surface area (Å²) in [4.78, 5) is 42.3. The van der Waals surface area contributed by atoms with Crippen molar-refractivity contribution in [3.05, 3.63) is 71.9 Å². The maximum absolute atomic E-state index is 13.4. The fourth-order valence-electron chi connectivity index (χ4n) is 3.94. The molecule has 0 spiro atoms. The van der Waals surface area contributed by atoms with Gasteiger partial charge in [-0.15, -0.1) is 0 Å². The summed E-state index contributed by atoms with van der Waals surface area (Å²) < 4.78 is 11.0. The van der Waals surface area contributed by atoms with Crippen LogP contribution in [-0.4, -0.2) is 40.6 Å². The molecule has 2 amide bonds. The van der Waals surface area contributed by atoms with Gasteiger partial charge in [0.1, 0.15) is 24.3 Å². The van der Waals surface area contributed by atoms with Crippen LogP contribution in [0.5, 0.6) is 0 Å². The molecule has 1 aromatic heterocycles. The van der Waals surface area contributed by atoms with Crippen molar-refractivity contribution in [2.24, 2.45) is 5.92 Å². The largest absolute Gasteiger partial charge is 0.459 e. The first-order chi connectivity index (χ1) is 17.6. The SMILES string of the molecule is CC[C@H](C)[C@H](NC(=O)OC(C)(C)C)C(=O)N[C@@H](Cc1c[nH]c2ccccc12)C(=O)OCc1ccccc1. The molecule has 0 bridgehead atoms. The summed E-state index contributed by atoms with van der Waals surface area (Å²) >= 11 is 0. The van der Waals surface area contributed by atoms with Gasteiger partial charge in [0.2, 0.25) is 5.91 Å². The number of aromatic amines is 1. The number of para-hydroxylation sites is 1. The molecule has 0 fully saturated rings.